The van der Waals surface area contributed by atoms with Crippen LogP contribution in [0.5, 0.6) is 0 Å². The van der Waals surface area contributed by atoms with Crippen LogP contribution in [-0.4, -0.2) is 4.98 Å². The topological polar surface area (TPSA) is 38.9 Å². The molecule has 1 unspecified atom stereocenters. The Balaban J connectivity index is 2.07. The van der Waals surface area contributed by atoms with Gasteiger partial charge in [0.25, 0.3) is 0 Å². The smallest absolute Gasteiger partial charge is 0.0702 e. The van der Waals surface area contributed by atoms with Crippen molar-refractivity contribution < 1.29 is 0 Å². The maximum absolute atomic E-state index is 6.33. The molecule has 100 valence electrons. The van der Waals surface area contributed by atoms with Crippen molar-refractivity contribution >= 4 is 38.4 Å². The first-order chi connectivity index (χ1) is 9.65. The Bertz CT molecular complexity index is 773. The number of rotatable bonds is 2. The lowest BCUT2D eigenvalue weighted by atomic mass is 10.00. The Morgan fingerprint density at radius 3 is 2.75 bits per heavy atom. The summed E-state index contributed by atoms with van der Waals surface area (Å²) in [6.07, 6.45) is 1.81. The second-order valence-corrected chi connectivity index (χ2v) is 5.93. The van der Waals surface area contributed by atoms with Crippen molar-refractivity contribution in [1.29, 1.82) is 0 Å². The van der Waals surface area contributed by atoms with Crippen LogP contribution in [0.4, 0.5) is 0 Å². The van der Waals surface area contributed by atoms with Crippen molar-refractivity contribution in [3.05, 3.63) is 75.4 Å². The number of nitrogens with two attached hydrogens (primary N) is 1. The van der Waals surface area contributed by atoms with Crippen molar-refractivity contribution in [2.75, 3.05) is 0 Å². The summed E-state index contributed by atoms with van der Waals surface area (Å²) in [5, 5.41) is 1.74. The Morgan fingerprint density at radius 2 is 1.90 bits per heavy atom. The lowest BCUT2D eigenvalue weighted by molar-refractivity contribution is 0.866. The summed E-state index contributed by atoms with van der Waals surface area (Å²) in [5.74, 6) is 0. The van der Waals surface area contributed by atoms with Gasteiger partial charge in [-0.2, -0.15) is 0 Å². The van der Waals surface area contributed by atoms with Crippen LogP contribution in [0.2, 0.25) is 5.02 Å². The van der Waals surface area contributed by atoms with Crippen LogP contribution in [0, 0.1) is 0 Å². The zero-order valence-corrected chi connectivity index (χ0v) is 12.9. The molecule has 0 bridgehead atoms. The van der Waals surface area contributed by atoms with Gasteiger partial charge in [0.1, 0.15) is 0 Å². The molecule has 0 radical (unpaired) electrons. The fraction of sp³-hybridized carbons (Fsp3) is 0.0625. The van der Waals surface area contributed by atoms with Gasteiger partial charge in [-0.1, -0.05) is 45.7 Å². The van der Waals surface area contributed by atoms with Crippen molar-refractivity contribution in [3.63, 3.8) is 0 Å². The van der Waals surface area contributed by atoms with Gasteiger partial charge in [-0.05, 0) is 41.5 Å². The van der Waals surface area contributed by atoms with Gasteiger partial charge in [-0.25, -0.2) is 0 Å². The Hall–Kier alpha value is -1.42. The van der Waals surface area contributed by atoms with Gasteiger partial charge in [0.15, 0.2) is 0 Å². The summed E-state index contributed by atoms with van der Waals surface area (Å²) < 4.78 is 0.959. The minimum atomic E-state index is -0.294. The van der Waals surface area contributed by atoms with Crippen molar-refractivity contribution in [2.45, 2.75) is 6.04 Å². The quantitative estimate of drug-likeness (QED) is 0.730. The molecule has 0 aliphatic rings. The summed E-state index contributed by atoms with van der Waals surface area (Å²) in [5.41, 5.74) is 9.13. The largest absolute Gasteiger partial charge is 0.320 e. The maximum Gasteiger partial charge on any atom is 0.0702 e. The molecule has 1 aromatic heterocycles. The number of hydrogen-bond donors (Lipinski definition) is 1. The first-order valence-electron chi connectivity index (χ1n) is 6.20. The van der Waals surface area contributed by atoms with Crippen LogP contribution >= 0.6 is 27.5 Å². The van der Waals surface area contributed by atoms with E-state index < -0.39 is 0 Å². The molecule has 0 amide bonds. The Labute approximate surface area is 130 Å². The zero-order chi connectivity index (χ0) is 14.1. The highest BCUT2D eigenvalue weighted by atomic mass is 79.9. The van der Waals surface area contributed by atoms with Crippen molar-refractivity contribution in [3.8, 4) is 0 Å². The van der Waals surface area contributed by atoms with Crippen LogP contribution < -0.4 is 5.73 Å². The molecule has 20 heavy (non-hydrogen) atoms. The number of fused-ring (bicyclic) bond motifs is 1. The Kier molecular flexibility index (Phi) is 3.74. The third-order valence-corrected chi connectivity index (χ3v) is 4.10. The molecule has 2 nitrogen and oxygen atoms in total. The summed E-state index contributed by atoms with van der Waals surface area (Å²) in [4.78, 5) is 4.45. The average Bonchev–Trinajstić information content (AvgIpc) is 2.48. The van der Waals surface area contributed by atoms with Gasteiger partial charge in [0.05, 0.1) is 11.6 Å². The molecule has 0 spiro atoms. The van der Waals surface area contributed by atoms with Crippen LogP contribution in [0.25, 0.3) is 10.9 Å². The standard InChI is InChI=1S/C16H12BrClN2/c17-12-5-6-14(18)13(8-12)16(19)11-7-10-3-1-2-4-15(10)20-9-11/h1-9,16H,19H2. The van der Waals surface area contributed by atoms with Gasteiger partial charge in [0, 0.05) is 21.1 Å². The lowest BCUT2D eigenvalue weighted by Gasteiger charge is -2.15. The first kappa shape index (κ1) is 13.6. The summed E-state index contributed by atoms with van der Waals surface area (Å²) in [6.45, 7) is 0. The first-order valence-corrected chi connectivity index (χ1v) is 7.37. The van der Waals surface area contributed by atoms with Gasteiger partial charge >= 0.3 is 0 Å². The average molecular weight is 348 g/mol. The van der Waals surface area contributed by atoms with Crippen LogP contribution in [0.1, 0.15) is 17.2 Å². The monoisotopic (exact) mass is 346 g/mol. The second kappa shape index (κ2) is 5.52. The minimum absolute atomic E-state index is 0.294. The normalized spacial score (nSPS) is 12.6. The number of hydrogen-bond acceptors (Lipinski definition) is 2. The van der Waals surface area contributed by atoms with E-state index in [1.54, 1.807) is 0 Å². The van der Waals surface area contributed by atoms with E-state index in [-0.39, 0.29) is 6.04 Å². The third-order valence-electron chi connectivity index (χ3n) is 3.26. The molecular weight excluding hydrogens is 336 g/mol. The van der Waals surface area contributed by atoms with E-state index in [0.717, 1.165) is 26.5 Å². The minimum Gasteiger partial charge on any atom is -0.320 e. The molecule has 2 N–H and O–H groups in total. The summed E-state index contributed by atoms with van der Waals surface area (Å²) in [6, 6.07) is 15.4. The highest BCUT2D eigenvalue weighted by Gasteiger charge is 2.14. The van der Waals surface area contributed by atoms with Gasteiger partial charge in [0.2, 0.25) is 0 Å². The number of aromatic nitrogens is 1. The van der Waals surface area contributed by atoms with E-state index in [2.05, 4.69) is 27.0 Å². The SMILES string of the molecule is NC(c1cnc2ccccc2c1)c1cc(Br)ccc1Cl. The number of para-hydroxylation sites is 1. The molecule has 0 fully saturated rings. The molecule has 4 heteroatoms. The molecule has 0 aliphatic heterocycles. The molecule has 0 saturated carbocycles. The molecule has 0 aliphatic carbocycles. The van der Waals surface area contributed by atoms with E-state index in [4.69, 9.17) is 17.3 Å². The molecule has 2 aromatic carbocycles. The van der Waals surface area contributed by atoms with E-state index in [1.807, 2.05) is 48.7 Å². The predicted octanol–water partition coefficient (Wildman–Crippen LogP) is 4.70. The highest BCUT2D eigenvalue weighted by Crippen LogP contribution is 2.30. The van der Waals surface area contributed by atoms with Gasteiger partial charge in [-0.3, -0.25) is 4.98 Å². The number of nitrogens with zero attached hydrogens (tertiary/aromatic N) is 1. The van der Waals surface area contributed by atoms with Gasteiger partial charge in [-0.15, -0.1) is 0 Å². The van der Waals surface area contributed by atoms with E-state index in [0.29, 0.717) is 5.02 Å². The fourth-order valence-corrected chi connectivity index (χ4v) is 2.80. The predicted molar refractivity (Wildman–Crippen MR) is 86.9 cm³/mol. The lowest BCUT2D eigenvalue weighted by Crippen LogP contribution is -2.12. The van der Waals surface area contributed by atoms with Gasteiger partial charge < -0.3 is 5.73 Å². The molecule has 0 saturated heterocycles. The van der Waals surface area contributed by atoms with Crippen LogP contribution in [-0.2, 0) is 0 Å². The van der Waals surface area contributed by atoms with E-state index >= 15 is 0 Å². The second-order valence-electron chi connectivity index (χ2n) is 4.60. The maximum atomic E-state index is 6.33. The van der Waals surface area contributed by atoms with Crippen molar-refractivity contribution in [2.24, 2.45) is 5.73 Å². The summed E-state index contributed by atoms with van der Waals surface area (Å²) >= 11 is 9.69. The highest BCUT2D eigenvalue weighted by molar-refractivity contribution is 9.10. The number of benzene rings is 2. The summed E-state index contributed by atoms with van der Waals surface area (Å²) in [7, 11) is 0. The molecular formula is C16H12BrClN2. The van der Waals surface area contributed by atoms with Crippen molar-refractivity contribution in [1.82, 2.24) is 4.98 Å². The van der Waals surface area contributed by atoms with Crippen LogP contribution in [0.3, 0.4) is 0 Å². The zero-order valence-electron chi connectivity index (χ0n) is 10.6. The number of pyridine rings is 1. The fourth-order valence-electron chi connectivity index (χ4n) is 2.19. The number of halogens is 2. The molecule has 1 atom stereocenters. The molecule has 1 heterocycles. The molecule has 3 aromatic rings. The van der Waals surface area contributed by atoms with E-state index in [1.165, 1.54) is 0 Å². The molecule has 3 rings (SSSR count). The van der Waals surface area contributed by atoms with Crippen LogP contribution in [0.15, 0.2) is 59.2 Å². The Morgan fingerprint density at radius 1 is 1.10 bits per heavy atom. The van der Waals surface area contributed by atoms with E-state index in [9.17, 15) is 0 Å². The third kappa shape index (κ3) is 2.57.